The van der Waals surface area contributed by atoms with E-state index in [1.165, 1.54) is 22.9 Å². The van der Waals surface area contributed by atoms with E-state index in [0.29, 0.717) is 34.0 Å². The van der Waals surface area contributed by atoms with Gasteiger partial charge in [0.1, 0.15) is 5.82 Å². The average Bonchev–Trinajstić information content (AvgIpc) is 3.03. The number of hydrogen-bond donors (Lipinski definition) is 0. The lowest BCUT2D eigenvalue weighted by atomic mass is 10.1. The van der Waals surface area contributed by atoms with Gasteiger partial charge in [0.05, 0.1) is 17.9 Å². The SMILES string of the molecule is Cc1cc(Cc2ccc(=O)n(Cc3cccc(F)c3)n2)n(C)c1C(=O)c1ccc(Cl)cc1. The van der Waals surface area contributed by atoms with Crippen molar-refractivity contribution in [1.82, 2.24) is 14.3 Å². The number of aryl methyl sites for hydroxylation is 1. The van der Waals surface area contributed by atoms with Crippen LogP contribution in [0.2, 0.25) is 5.02 Å². The predicted octanol–water partition coefficient (Wildman–Crippen LogP) is 4.55. The molecule has 0 saturated heterocycles. The molecule has 2 heterocycles. The lowest BCUT2D eigenvalue weighted by molar-refractivity contribution is 0.103. The summed E-state index contributed by atoms with van der Waals surface area (Å²) < 4.78 is 16.7. The van der Waals surface area contributed by atoms with Crippen molar-refractivity contribution in [1.29, 1.82) is 0 Å². The predicted molar refractivity (Wildman–Crippen MR) is 122 cm³/mol. The fourth-order valence-electron chi connectivity index (χ4n) is 3.75. The number of aromatic nitrogens is 3. The minimum absolute atomic E-state index is 0.0862. The van der Waals surface area contributed by atoms with E-state index < -0.39 is 0 Å². The topological polar surface area (TPSA) is 56.9 Å². The molecule has 4 aromatic rings. The molecule has 0 amide bonds. The summed E-state index contributed by atoms with van der Waals surface area (Å²) in [7, 11) is 1.84. The summed E-state index contributed by atoms with van der Waals surface area (Å²) >= 11 is 5.94. The van der Waals surface area contributed by atoms with Crippen molar-refractivity contribution in [2.45, 2.75) is 19.9 Å². The van der Waals surface area contributed by atoms with Gasteiger partial charge in [-0.1, -0.05) is 23.7 Å². The maximum absolute atomic E-state index is 13.5. The fraction of sp³-hybridized carbons (Fsp3) is 0.160. The summed E-state index contributed by atoms with van der Waals surface area (Å²) in [6.45, 7) is 2.07. The number of ketones is 1. The molecule has 0 aliphatic carbocycles. The van der Waals surface area contributed by atoms with Crippen molar-refractivity contribution in [3.8, 4) is 0 Å². The molecular weight excluding hydrogens is 429 g/mol. The fourth-order valence-corrected chi connectivity index (χ4v) is 3.88. The van der Waals surface area contributed by atoms with Crippen LogP contribution in [0.15, 0.2) is 71.5 Å². The zero-order valence-electron chi connectivity index (χ0n) is 17.7. The molecule has 0 radical (unpaired) electrons. The summed E-state index contributed by atoms with van der Waals surface area (Å²) in [5, 5.41) is 5.03. The van der Waals surface area contributed by atoms with Crippen molar-refractivity contribution >= 4 is 17.4 Å². The summed E-state index contributed by atoms with van der Waals surface area (Å²) in [6.07, 6.45) is 0.439. The first-order valence-corrected chi connectivity index (χ1v) is 10.5. The second-order valence-corrected chi connectivity index (χ2v) is 8.13. The van der Waals surface area contributed by atoms with Crippen molar-refractivity contribution in [3.63, 3.8) is 0 Å². The molecule has 0 N–H and O–H groups in total. The molecule has 2 aromatic heterocycles. The second kappa shape index (κ2) is 8.93. The molecule has 0 unspecified atom stereocenters. The maximum Gasteiger partial charge on any atom is 0.267 e. The van der Waals surface area contributed by atoms with Crippen molar-refractivity contribution in [2.75, 3.05) is 0 Å². The molecule has 7 heteroatoms. The number of benzene rings is 2. The second-order valence-electron chi connectivity index (χ2n) is 7.69. The summed E-state index contributed by atoms with van der Waals surface area (Å²) in [5.41, 5.74) is 3.97. The molecule has 0 spiro atoms. The highest BCUT2D eigenvalue weighted by Crippen LogP contribution is 2.21. The van der Waals surface area contributed by atoms with E-state index in [0.717, 1.165) is 11.3 Å². The Morgan fingerprint density at radius 2 is 1.81 bits per heavy atom. The summed E-state index contributed by atoms with van der Waals surface area (Å²) in [4.78, 5) is 25.3. The van der Waals surface area contributed by atoms with Crippen LogP contribution in [0.3, 0.4) is 0 Å². The highest BCUT2D eigenvalue weighted by molar-refractivity contribution is 6.30. The van der Waals surface area contributed by atoms with Gasteiger partial charge in [0.2, 0.25) is 5.78 Å². The highest BCUT2D eigenvalue weighted by atomic mass is 35.5. The Morgan fingerprint density at radius 1 is 1.06 bits per heavy atom. The van der Waals surface area contributed by atoms with Gasteiger partial charge in [0.25, 0.3) is 5.56 Å². The van der Waals surface area contributed by atoms with E-state index >= 15 is 0 Å². The van der Waals surface area contributed by atoms with Gasteiger partial charge in [-0.05, 0) is 66.6 Å². The average molecular weight is 450 g/mol. The van der Waals surface area contributed by atoms with Gasteiger partial charge in [-0.15, -0.1) is 0 Å². The van der Waals surface area contributed by atoms with Crippen molar-refractivity contribution in [2.24, 2.45) is 7.05 Å². The normalized spacial score (nSPS) is 11.0. The molecule has 0 atom stereocenters. The van der Waals surface area contributed by atoms with Crippen LogP contribution in [-0.4, -0.2) is 20.1 Å². The third-order valence-electron chi connectivity index (χ3n) is 5.35. The first-order valence-electron chi connectivity index (χ1n) is 10.1. The van der Waals surface area contributed by atoms with Gasteiger partial charge in [0, 0.05) is 35.8 Å². The Balaban J connectivity index is 1.61. The Hall–Kier alpha value is -3.51. The minimum atomic E-state index is -0.358. The maximum atomic E-state index is 13.5. The van der Waals surface area contributed by atoms with Gasteiger partial charge in [0.15, 0.2) is 0 Å². The molecular formula is C25H21ClFN3O2. The standard InChI is InChI=1S/C25H21ClFN3O2/c1-16-12-22(29(2)24(16)25(32)18-6-8-19(26)9-7-18)14-21-10-11-23(31)30(28-21)15-17-4-3-5-20(27)13-17/h3-13H,14-15H2,1-2H3. The number of rotatable bonds is 6. The first-order chi connectivity index (χ1) is 15.3. The molecule has 32 heavy (non-hydrogen) atoms. The number of halogens is 2. The molecule has 0 aliphatic heterocycles. The number of hydrogen-bond acceptors (Lipinski definition) is 3. The highest BCUT2D eigenvalue weighted by Gasteiger charge is 2.19. The van der Waals surface area contributed by atoms with Crippen LogP contribution in [0, 0.1) is 12.7 Å². The lowest BCUT2D eigenvalue weighted by Gasteiger charge is -2.10. The van der Waals surface area contributed by atoms with Crippen LogP contribution >= 0.6 is 11.6 Å². The van der Waals surface area contributed by atoms with Crippen LogP contribution in [0.5, 0.6) is 0 Å². The smallest absolute Gasteiger partial charge is 0.267 e. The van der Waals surface area contributed by atoms with E-state index in [9.17, 15) is 14.0 Å². The van der Waals surface area contributed by atoms with E-state index in [1.54, 1.807) is 42.5 Å². The summed E-state index contributed by atoms with van der Waals surface area (Å²) in [5.74, 6) is -0.444. The number of nitrogens with zero attached hydrogens (tertiary/aromatic N) is 3. The van der Waals surface area contributed by atoms with Gasteiger partial charge < -0.3 is 4.57 Å². The molecule has 0 fully saturated rings. The first kappa shape index (κ1) is 21.7. The van der Waals surface area contributed by atoms with Gasteiger partial charge in [-0.3, -0.25) is 9.59 Å². The summed E-state index contributed by atoms with van der Waals surface area (Å²) in [6, 6.07) is 18.0. The third kappa shape index (κ3) is 4.55. The molecule has 4 rings (SSSR count). The number of carbonyl (C=O) groups excluding carboxylic acids is 1. The largest absolute Gasteiger partial charge is 0.344 e. The van der Waals surface area contributed by atoms with Crippen molar-refractivity contribution < 1.29 is 9.18 Å². The van der Waals surface area contributed by atoms with E-state index in [1.807, 2.05) is 24.6 Å². The van der Waals surface area contributed by atoms with Crippen LogP contribution in [0.1, 0.15) is 38.6 Å². The zero-order valence-corrected chi connectivity index (χ0v) is 18.4. The Kier molecular flexibility index (Phi) is 6.06. The van der Waals surface area contributed by atoms with E-state index in [-0.39, 0.29) is 23.7 Å². The molecule has 5 nitrogen and oxygen atoms in total. The molecule has 0 bridgehead atoms. The van der Waals surface area contributed by atoms with Crippen LogP contribution in [0.4, 0.5) is 4.39 Å². The molecule has 0 saturated carbocycles. The van der Waals surface area contributed by atoms with Gasteiger partial charge in [-0.2, -0.15) is 5.10 Å². The monoisotopic (exact) mass is 449 g/mol. The van der Waals surface area contributed by atoms with Crippen LogP contribution in [0.25, 0.3) is 0 Å². The third-order valence-corrected chi connectivity index (χ3v) is 5.60. The van der Waals surface area contributed by atoms with Crippen LogP contribution in [-0.2, 0) is 20.0 Å². The Labute approximate surface area is 189 Å². The zero-order chi connectivity index (χ0) is 22.8. The Morgan fingerprint density at radius 3 is 2.53 bits per heavy atom. The lowest BCUT2D eigenvalue weighted by Crippen LogP contribution is -2.24. The molecule has 2 aromatic carbocycles. The minimum Gasteiger partial charge on any atom is -0.344 e. The van der Waals surface area contributed by atoms with Crippen molar-refractivity contribution in [3.05, 3.63) is 122 Å². The molecule has 162 valence electrons. The number of carbonyl (C=O) groups is 1. The van der Waals surface area contributed by atoms with E-state index in [2.05, 4.69) is 5.10 Å². The Bertz CT molecular complexity index is 1360. The van der Waals surface area contributed by atoms with Crippen LogP contribution < -0.4 is 5.56 Å². The van der Waals surface area contributed by atoms with Gasteiger partial charge >= 0.3 is 0 Å². The molecule has 0 aliphatic rings. The van der Waals surface area contributed by atoms with E-state index in [4.69, 9.17) is 11.6 Å². The van der Waals surface area contributed by atoms with Gasteiger partial charge in [-0.25, -0.2) is 9.07 Å². The quantitative estimate of drug-likeness (QED) is 0.406.